The molecule has 358 valence electrons. The molecule has 0 spiro atoms. The van der Waals surface area contributed by atoms with Crippen molar-refractivity contribution in [3.63, 3.8) is 0 Å². The Kier molecular flexibility index (Phi) is 48.0. The van der Waals surface area contributed by atoms with E-state index in [1.807, 2.05) is 0 Å². The summed E-state index contributed by atoms with van der Waals surface area (Å²) in [5, 5.41) is 0. The van der Waals surface area contributed by atoms with E-state index in [1.54, 1.807) is 0 Å². The van der Waals surface area contributed by atoms with E-state index in [1.165, 1.54) is 64.2 Å². The lowest BCUT2D eigenvalue weighted by Crippen LogP contribution is -2.30. The van der Waals surface area contributed by atoms with E-state index in [4.69, 9.17) is 14.2 Å². The van der Waals surface area contributed by atoms with E-state index in [0.29, 0.717) is 19.3 Å². The van der Waals surface area contributed by atoms with E-state index >= 15 is 0 Å². The second-order valence-electron chi connectivity index (χ2n) is 16.7. The van der Waals surface area contributed by atoms with Gasteiger partial charge in [0.2, 0.25) is 0 Å². The van der Waals surface area contributed by atoms with Crippen LogP contribution in [0.2, 0.25) is 0 Å². The van der Waals surface area contributed by atoms with Crippen molar-refractivity contribution in [1.82, 2.24) is 0 Å². The normalized spacial score (nSPS) is 12.9. The van der Waals surface area contributed by atoms with Gasteiger partial charge in [0.25, 0.3) is 0 Å². The summed E-state index contributed by atoms with van der Waals surface area (Å²) < 4.78 is 16.7. The number of hydrogen-bond acceptors (Lipinski definition) is 6. The minimum atomic E-state index is -0.808. The fourth-order valence-corrected chi connectivity index (χ4v) is 6.79. The summed E-state index contributed by atoms with van der Waals surface area (Å²) in [5.41, 5.74) is 0. The third kappa shape index (κ3) is 49.2. The molecule has 0 heterocycles. The molecule has 0 fully saturated rings. The Hall–Kier alpha value is -3.67. The predicted octanol–water partition coefficient (Wildman–Crippen LogP) is 17.0. The van der Waals surface area contributed by atoms with Gasteiger partial charge in [-0.2, -0.15) is 0 Å². The molecule has 0 amide bonds. The van der Waals surface area contributed by atoms with Crippen molar-refractivity contribution < 1.29 is 28.6 Å². The molecule has 6 heteroatoms. The van der Waals surface area contributed by atoms with Crippen LogP contribution in [0.25, 0.3) is 0 Å². The van der Waals surface area contributed by atoms with Gasteiger partial charge >= 0.3 is 17.9 Å². The van der Waals surface area contributed by atoms with Gasteiger partial charge in [-0.05, 0) is 89.9 Å². The number of hydrogen-bond donors (Lipinski definition) is 0. The molecule has 0 aromatic rings. The van der Waals surface area contributed by atoms with Crippen LogP contribution < -0.4 is 0 Å². The predicted molar refractivity (Wildman–Crippen MR) is 270 cm³/mol. The molecule has 0 saturated heterocycles. The van der Waals surface area contributed by atoms with Gasteiger partial charge in [0.05, 0.1) is 0 Å². The van der Waals surface area contributed by atoms with Crippen LogP contribution in [-0.4, -0.2) is 37.2 Å². The highest BCUT2D eigenvalue weighted by Gasteiger charge is 2.19. The van der Waals surface area contributed by atoms with Crippen molar-refractivity contribution in [2.24, 2.45) is 0 Å². The van der Waals surface area contributed by atoms with Crippen LogP contribution in [0.1, 0.15) is 226 Å². The third-order valence-electron chi connectivity index (χ3n) is 10.6. The zero-order valence-electron chi connectivity index (χ0n) is 40.8. The quantitative estimate of drug-likeness (QED) is 0.0262. The maximum atomic E-state index is 12.8. The topological polar surface area (TPSA) is 78.9 Å². The van der Waals surface area contributed by atoms with Crippen LogP contribution in [0.15, 0.2) is 97.2 Å². The van der Waals surface area contributed by atoms with Crippen LogP contribution in [-0.2, 0) is 28.6 Å². The average Bonchev–Trinajstić information content (AvgIpc) is 3.28. The van der Waals surface area contributed by atoms with Crippen molar-refractivity contribution in [2.45, 2.75) is 232 Å². The molecular weight excluding hydrogens is 781 g/mol. The number of carbonyl (C=O) groups is 3. The van der Waals surface area contributed by atoms with Crippen molar-refractivity contribution in [2.75, 3.05) is 13.2 Å². The molecule has 0 saturated carbocycles. The summed E-state index contributed by atoms with van der Waals surface area (Å²) in [6, 6.07) is 0. The standard InChI is InChI=1S/C57H94O6/c1-4-7-10-13-16-19-22-25-27-28-30-32-35-38-41-44-47-50-56(59)62-53-54(52-61-55(58)49-46-43-40-37-34-31-24-21-18-15-12-9-6-3)63-57(60)51-48-45-42-39-36-33-29-26-23-20-17-14-11-8-5-2/h7-8,10-11,16-17,19-20,25-27,29-30,32,38,41,54H,4-6,9,12-15,18,21-24,28,31,33-37,39-40,42-53H2,1-3H3/b10-7+,11-8+,19-16+,20-17+,27-25+,29-26+,32-30+,41-38+/t54-/m1/s1. The molecule has 0 unspecified atom stereocenters. The second kappa shape index (κ2) is 51.0. The van der Waals surface area contributed by atoms with Crippen LogP contribution in [0.4, 0.5) is 0 Å². The summed E-state index contributed by atoms with van der Waals surface area (Å²) in [6.07, 6.45) is 66.8. The third-order valence-corrected chi connectivity index (χ3v) is 10.6. The maximum Gasteiger partial charge on any atom is 0.306 e. The second-order valence-corrected chi connectivity index (χ2v) is 16.7. The fraction of sp³-hybridized carbons (Fsp3) is 0.667. The van der Waals surface area contributed by atoms with Crippen molar-refractivity contribution in [1.29, 1.82) is 0 Å². The number of ether oxygens (including phenoxy) is 3. The van der Waals surface area contributed by atoms with Crippen molar-refractivity contribution in [3.8, 4) is 0 Å². The molecule has 0 bridgehead atoms. The highest BCUT2D eigenvalue weighted by molar-refractivity contribution is 5.71. The summed E-state index contributed by atoms with van der Waals surface area (Å²) in [4.78, 5) is 38.0. The van der Waals surface area contributed by atoms with Gasteiger partial charge < -0.3 is 14.2 Å². The Bertz CT molecular complexity index is 1280. The Morgan fingerprint density at radius 2 is 0.635 bits per heavy atom. The molecule has 0 aliphatic rings. The zero-order chi connectivity index (χ0) is 45.8. The maximum absolute atomic E-state index is 12.8. The van der Waals surface area contributed by atoms with Gasteiger partial charge in [0, 0.05) is 19.3 Å². The molecule has 0 aliphatic heterocycles. The first kappa shape index (κ1) is 59.3. The first-order valence-corrected chi connectivity index (χ1v) is 25.7. The average molecular weight is 875 g/mol. The van der Waals surface area contributed by atoms with E-state index in [9.17, 15) is 14.4 Å². The summed E-state index contributed by atoms with van der Waals surface area (Å²) >= 11 is 0. The Balaban J connectivity index is 4.51. The summed E-state index contributed by atoms with van der Waals surface area (Å²) in [6.45, 7) is 6.34. The first-order valence-electron chi connectivity index (χ1n) is 25.7. The Morgan fingerprint density at radius 3 is 1.03 bits per heavy atom. The summed E-state index contributed by atoms with van der Waals surface area (Å²) in [7, 11) is 0. The molecule has 0 radical (unpaired) electrons. The van der Waals surface area contributed by atoms with Gasteiger partial charge in [-0.1, -0.05) is 214 Å². The van der Waals surface area contributed by atoms with E-state index < -0.39 is 6.10 Å². The van der Waals surface area contributed by atoms with Crippen LogP contribution >= 0.6 is 0 Å². The van der Waals surface area contributed by atoms with E-state index in [-0.39, 0.29) is 37.5 Å². The molecule has 0 aromatic carbocycles. The molecule has 1 atom stereocenters. The lowest BCUT2D eigenvalue weighted by molar-refractivity contribution is -0.167. The minimum absolute atomic E-state index is 0.102. The smallest absolute Gasteiger partial charge is 0.306 e. The fourth-order valence-electron chi connectivity index (χ4n) is 6.79. The summed E-state index contributed by atoms with van der Waals surface area (Å²) in [5.74, 6) is -0.982. The molecule has 0 aromatic heterocycles. The SMILES string of the molecule is CC/C=C/C/C=C/C/C=C/C/C=C/C/C=C/CCCC(=O)OC[C@@H](COC(=O)CCCCCCCCCCCCCCC)OC(=O)CCCCCCC/C=C/C/C=C/C/C=C/CC. The molecule has 0 aliphatic carbocycles. The Labute approximate surface area is 387 Å². The highest BCUT2D eigenvalue weighted by Crippen LogP contribution is 2.14. The van der Waals surface area contributed by atoms with Gasteiger partial charge in [0.15, 0.2) is 6.10 Å². The van der Waals surface area contributed by atoms with Crippen LogP contribution in [0, 0.1) is 0 Å². The van der Waals surface area contributed by atoms with Gasteiger partial charge in [-0.15, -0.1) is 0 Å². The number of rotatable bonds is 45. The van der Waals surface area contributed by atoms with Crippen LogP contribution in [0.5, 0.6) is 0 Å². The number of carbonyl (C=O) groups excluding carboxylic acids is 3. The first-order chi connectivity index (χ1) is 31.0. The van der Waals surface area contributed by atoms with Crippen molar-refractivity contribution >= 4 is 17.9 Å². The molecule has 6 nitrogen and oxygen atoms in total. The lowest BCUT2D eigenvalue weighted by Gasteiger charge is -2.18. The van der Waals surface area contributed by atoms with E-state index in [2.05, 4.69) is 118 Å². The molecule has 0 rings (SSSR count). The zero-order valence-corrected chi connectivity index (χ0v) is 40.8. The highest BCUT2D eigenvalue weighted by atomic mass is 16.6. The molecular formula is C57H94O6. The number of unbranched alkanes of at least 4 members (excludes halogenated alkanes) is 18. The lowest BCUT2D eigenvalue weighted by atomic mass is 10.0. The monoisotopic (exact) mass is 875 g/mol. The van der Waals surface area contributed by atoms with E-state index in [0.717, 1.165) is 116 Å². The van der Waals surface area contributed by atoms with Crippen molar-refractivity contribution in [3.05, 3.63) is 97.2 Å². The number of esters is 3. The molecule has 63 heavy (non-hydrogen) atoms. The van der Waals surface area contributed by atoms with Gasteiger partial charge in [-0.25, -0.2) is 0 Å². The van der Waals surface area contributed by atoms with Gasteiger partial charge in [-0.3, -0.25) is 14.4 Å². The van der Waals surface area contributed by atoms with Gasteiger partial charge in [0.1, 0.15) is 13.2 Å². The minimum Gasteiger partial charge on any atom is -0.462 e. The molecule has 0 N–H and O–H groups in total. The van der Waals surface area contributed by atoms with Crippen LogP contribution in [0.3, 0.4) is 0 Å². The Morgan fingerprint density at radius 1 is 0.333 bits per heavy atom. The largest absolute Gasteiger partial charge is 0.462 e. The number of allylic oxidation sites excluding steroid dienone is 16.